The molecule has 1 fully saturated rings. The van der Waals surface area contributed by atoms with Gasteiger partial charge in [0.2, 0.25) is 0 Å². The van der Waals surface area contributed by atoms with E-state index in [4.69, 9.17) is 4.74 Å². The van der Waals surface area contributed by atoms with Crippen molar-refractivity contribution in [2.24, 2.45) is 0 Å². The predicted octanol–water partition coefficient (Wildman–Crippen LogP) is 3.25. The maximum atomic E-state index is 13.9. The molecule has 5 nitrogen and oxygen atoms in total. The molecule has 2 heterocycles. The minimum absolute atomic E-state index is 0.190. The number of benzene rings is 2. The zero-order valence-electron chi connectivity index (χ0n) is 14.8. The van der Waals surface area contributed by atoms with Crippen LogP contribution < -0.4 is 5.32 Å². The number of hydrogen-bond acceptors (Lipinski definition) is 4. The van der Waals surface area contributed by atoms with E-state index in [9.17, 15) is 9.18 Å². The molecule has 27 heavy (non-hydrogen) atoms. The highest BCUT2D eigenvalue weighted by Gasteiger charge is 2.35. The van der Waals surface area contributed by atoms with Gasteiger partial charge in [-0.15, -0.1) is 0 Å². The van der Waals surface area contributed by atoms with Gasteiger partial charge >= 0.3 is 0 Å². The zero-order chi connectivity index (χ0) is 18.7. The molecular weight excluding hydrogens is 345 g/mol. The maximum absolute atomic E-state index is 13.9. The second-order valence-corrected chi connectivity index (χ2v) is 6.82. The van der Waals surface area contributed by atoms with Crippen LogP contribution in [0.2, 0.25) is 0 Å². The van der Waals surface area contributed by atoms with Crippen LogP contribution in [-0.2, 0) is 10.2 Å². The van der Waals surface area contributed by atoms with Crippen LogP contribution in [0, 0.1) is 5.82 Å². The van der Waals surface area contributed by atoms with E-state index in [1.54, 1.807) is 0 Å². The van der Waals surface area contributed by atoms with E-state index in [1.807, 2.05) is 18.2 Å². The van der Waals surface area contributed by atoms with E-state index in [1.165, 1.54) is 30.1 Å². The van der Waals surface area contributed by atoms with E-state index >= 15 is 0 Å². The fourth-order valence-electron chi connectivity index (χ4n) is 3.68. The van der Waals surface area contributed by atoms with Gasteiger partial charge in [-0.3, -0.25) is 14.8 Å². The summed E-state index contributed by atoms with van der Waals surface area (Å²) in [6, 6.07) is 12.6. The van der Waals surface area contributed by atoms with Crippen molar-refractivity contribution in [2.75, 3.05) is 19.8 Å². The highest BCUT2D eigenvalue weighted by atomic mass is 19.1. The second kappa shape index (κ2) is 7.40. The largest absolute Gasteiger partial charge is 0.381 e. The summed E-state index contributed by atoms with van der Waals surface area (Å²) in [5, 5.41) is 3.00. The smallest absolute Gasteiger partial charge is 0.253 e. The van der Waals surface area contributed by atoms with Crippen molar-refractivity contribution < 1.29 is 13.9 Å². The lowest BCUT2D eigenvalue weighted by Gasteiger charge is -2.38. The molecule has 1 aliphatic heterocycles. The van der Waals surface area contributed by atoms with E-state index in [0.717, 1.165) is 12.8 Å². The van der Waals surface area contributed by atoms with E-state index in [2.05, 4.69) is 27.4 Å². The highest BCUT2D eigenvalue weighted by Crippen LogP contribution is 2.34. The number of rotatable bonds is 4. The number of halogens is 1. The van der Waals surface area contributed by atoms with Gasteiger partial charge in [0.25, 0.3) is 5.91 Å². The molecule has 1 amide bonds. The Kier molecular flexibility index (Phi) is 4.81. The minimum Gasteiger partial charge on any atom is -0.381 e. The molecule has 0 aliphatic carbocycles. The number of hydrogen-bond donors (Lipinski definition) is 1. The molecule has 0 bridgehead atoms. The Morgan fingerprint density at radius 1 is 1.11 bits per heavy atom. The fourth-order valence-corrected chi connectivity index (χ4v) is 3.68. The van der Waals surface area contributed by atoms with Gasteiger partial charge in [0.05, 0.1) is 11.1 Å². The third kappa shape index (κ3) is 3.53. The van der Waals surface area contributed by atoms with Crippen molar-refractivity contribution in [1.82, 2.24) is 15.3 Å². The van der Waals surface area contributed by atoms with Gasteiger partial charge in [-0.1, -0.05) is 30.3 Å². The summed E-state index contributed by atoms with van der Waals surface area (Å²) in [4.78, 5) is 21.2. The number of nitrogens with zero attached hydrogens (tertiary/aromatic N) is 2. The Morgan fingerprint density at radius 3 is 2.63 bits per heavy atom. The summed E-state index contributed by atoms with van der Waals surface area (Å²) in [7, 11) is 0. The molecule has 6 heteroatoms. The Bertz CT molecular complexity index is 956. The van der Waals surface area contributed by atoms with Crippen molar-refractivity contribution in [3.05, 3.63) is 71.8 Å². The molecule has 0 unspecified atom stereocenters. The monoisotopic (exact) mass is 365 g/mol. The van der Waals surface area contributed by atoms with Crippen molar-refractivity contribution in [3.8, 4) is 0 Å². The summed E-state index contributed by atoms with van der Waals surface area (Å²) < 4.78 is 19.5. The third-order valence-corrected chi connectivity index (χ3v) is 5.21. The molecule has 1 aliphatic rings. The SMILES string of the molecule is O=C(NCC1(c2ccccc2)CCOCC1)c1cc(F)cc2nccnc12. The molecule has 1 saturated heterocycles. The van der Waals surface area contributed by atoms with Crippen LogP contribution in [-0.4, -0.2) is 35.6 Å². The first kappa shape index (κ1) is 17.5. The number of ether oxygens (including phenoxy) is 1. The highest BCUT2D eigenvalue weighted by molar-refractivity contribution is 6.04. The first-order valence-corrected chi connectivity index (χ1v) is 9.00. The number of aromatic nitrogens is 2. The summed E-state index contributed by atoms with van der Waals surface area (Å²) in [5.41, 5.74) is 1.96. The zero-order valence-corrected chi connectivity index (χ0v) is 14.8. The number of amides is 1. The Morgan fingerprint density at radius 2 is 1.85 bits per heavy atom. The molecule has 0 radical (unpaired) electrons. The topological polar surface area (TPSA) is 64.1 Å². The lowest BCUT2D eigenvalue weighted by atomic mass is 9.74. The van der Waals surface area contributed by atoms with Crippen LogP contribution in [0.5, 0.6) is 0 Å². The van der Waals surface area contributed by atoms with E-state index < -0.39 is 5.82 Å². The van der Waals surface area contributed by atoms with Crippen LogP contribution in [0.25, 0.3) is 11.0 Å². The van der Waals surface area contributed by atoms with Crippen LogP contribution >= 0.6 is 0 Å². The lowest BCUT2D eigenvalue weighted by Crippen LogP contribution is -2.44. The van der Waals surface area contributed by atoms with Gasteiger partial charge in [-0.25, -0.2) is 4.39 Å². The Balaban J connectivity index is 1.61. The van der Waals surface area contributed by atoms with Gasteiger partial charge in [0.15, 0.2) is 0 Å². The minimum atomic E-state index is -0.503. The summed E-state index contributed by atoms with van der Waals surface area (Å²) in [6.45, 7) is 1.76. The molecule has 1 aromatic heterocycles. The van der Waals surface area contributed by atoms with Gasteiger partial charge in [-0.2, -0.15) is 0 Å². The van der Waals surface area contributed by atoms with Crippen LogP contribution in [0.15, 0.2) is 54.9 Å². The predicted molar refractivity (Wildman–Crippen MR) is 100 cm³/mol. The molecule has 0 saturated carbocycles. The fraction of sp³-hybridized carbons (Fsp3) is 0.286. The van der Waals surface area contributed by atoms with Gasteiger partial charge in [0, 0.05) is 43.6 Å². The van der Waals surface area contributed by atoms with Crippen LogP contribution in [0.4, 0.5) is 4.39 Å². The first-order chi connectivity index (χ1) is 13.2. The number of fused-ring (bicyclic) bond motifs is 1. The van der Waals surface area contributed by atoms with Crippen molar-refractivity contribution in [2.45, 2.75) is 18.3 Å². The molecule has 138 valence electrons. The van der Waals surface area contributed by atoms with Crippen LogP contribution in [0.1, 0.15) is 28.8 Å². The summed E-state index contributed by atoms with van der Waals surface area (Å²) >= 11 is 0. The van der Waals surface area contributed by atoms with Crippen molar-refractivity contribution in [3.63, 3.8) is 0 Å². The van der Waals surface area contributed by atoms with Crippen molar-refractivity contribution >= 4 is 16.9 Å². The Labute approximate surface area is 156 Å². The van der Waals surface area contributed by atoms with Gasteiger partial charge in [0.1, 0.15) is 11.3 Å². The van der Waals surface area contributed by atoms with E-state index in [-0.39, 0.29) is 16.9 Å². The second-order valence-electron chi connectivity index (χ2n) is 6.82. The molecule has 4 rings (SSSR count). The summed E-state index contributed by atoms with van der Waals surface area (Å²) in [5.74, 6) is -0.848. The summed E-state index contributed by atoms with van der Waals surface area (Å²) in [6.07, 6.45) is 4.62. The number of nitrogens with one attached hydrogen (secondary N) is 1. The van der Waals surface area contributed by atoms with Crippen LogP contribution in [0.3, 0.4) is 0 Å². The first-order valence-electron chi connectivity index (χ1n) is 9.00. The molecule has 0 atom stereocenters. The molecule has 0 spiro atoms. The molecule has 1 N–H and O–H groups in total. The van der Waals surface area contributed by atoms with Gasteiger partial charge in [-0.05, 0) is 24.5 Å². The number of carbonyl (C=O) groups excluding carboxylic acids is 1. The molecule has 3 aromatic rings. The lowest BCUT2D eigenvalue weighted by molar-refractivity contribution is 0.0487. The van der Waals surface area contributed by atoms with Gasteiger partial charge < -0.3 is 10.1 Å². The Hall–Kier alpha value is -2.86. The molecular formula is C21H20FN3O2. The van der Waals surface area contributed by atoms with E-state index in [0.29, 0.717) is 30.8 Å². The third-order valence-electron chi connectivity index (χ3n) is 5.21. The molecule has 2 aromatic carbocycles. The normalized spacial score (nSPS) is 16.2. The average Bonchev–Trinajstić information content (AvgIpc) is 2.72. The quantitative estimate of drug-likeness (QED) is 0.771. The average molecular weight is 365 g/mol. The van der Waals surface area contributed by atoms with Crippen molar-refractivity contribution in [1.29, 1.82) is 0 Å². The maximum Gasteiger partial charge on any atom is 0.253 e. The standard InChI is InChI=1S/C21H20FN3O2/c22-16-12-17(19-18(13-16)23-8-9-24-19)20(26)25-14-21(6-10-27-11-7-21)15-4-2-1-3-5-15/h1-5,8-9,12-13H,6-7,10-11,14H2,(H,25,26). The number of carbonyl (C=O) groups is 1.